The lowest BCUT2D eigenvalue weighted by Gasteiger charge is -1.73. The number of hydrogen-bond donors (Lipinski definition) is 1. The van der Waals surface area contributed by atoms with Crippen LogP contribution in [0.3, 0.4) is 0 Å². The van der Waals surface area contributed by atoms with Gasteiger partial charge < -0.3 is 5.11 Å². The summed E-state index contributed by atoms with van der Waals surface area (Å²) in [5, 5.41) is 14.7. The summed E-state index contributed by atoms with van der Waals surface area (Å²) in [5.41, 5.74) is 0. The lowest BCUT2D eigenvalue weighted by molar-refractivity contribution is 0.277. The maximum absolute atomic E-state index is 8.21. The smallest absolute Gasteiger partial charge is 0.0462 e. The first kappa shape index (κ1) is 6.45. The first-order chi connectivity index (χ1) is 3.43. The molecule has 1 rings (SSSR count). The highest BCUT2D eigenvalue weighted by Crippen LogP contribution is 2.27. The van der Waals surface area contributed by atoms with Gasteiger partial charge in [0.25, 0.3) is 0 Å². The Labute approximate surface area is 43.4 Å². The van der Waals surface area contributed by atoms with E-state index < -0.39 is 0 Å². The Bertz CT molecular complexity index is 56.3. The van der Waals surface area contributed by atoms with Gasteiger partial charge in [0.2, 0.25) is 0 Å². The number of rotatable bonds is 1. The van der Waals surface area contributed by atoms with Crippen LogP contribution in [0.2, 0.25) is 0 Å². The van der Waals surface area contributed by atoms with Crippen molar-refractivity contribution in [3.63, 3.8) is 0 Å². The fourth-order valence-electron chi connectivity index (χ4n) is 0.300. The van der Waals surface area contributed by atoms with E-state index in [1.807, 2.05) is 0 Å². The summed E-state index contributed by atoms with van der Waals surface area (Å²) >= 11 is 0. The van der Waals surface area contributed by atoms with E-state index in [1.54, 1.807) is 0 Å². The molecule has 0 unspecified atom stereocenters. The summed E-state index contributed by atoms with van der Waals surface area (Å²) in [6, 6.07) is 0. The average molecular weight is 99.1 g/mol. The minimum absolute atomic E-state index is 0.417. The number of aliphatic hydroxyl groups excluding tert-OH is 1. The van der Waals surface area contributed by atoms with Crippen LogP contribution in [0.15, 0.2) is 0 Å². The van der Waals surface area contributed by atoms with Crippen molar-refractivity contribution in [2.45, 2.75) is 12.8 Å². The standard InChI is InChI=1S/C4H8O.CHN/c5-3-4-1-2-4;1-2/h4-5H,1-3H2;1H. The van der Waals surface area contributed by atoms with Crippen molar-refractivity contribution in [2.24, 2.45) is 5.92 Å². The lowest BCUT2D eigenvalue weighted by Crippen LogP contribution is -1.78. The summed E-state index contributed by atoms with van der Waals surface area (Å²) in [5.74, 6) is 0.690. The van der Waals surface area contributed by atoms with Crippen molar-refractivity contribution in [1.82, 2.24) is 0 Å². The maximum atomic E-state index is 8.21. The average Bonchev–Trinajstić information content (AvgIpc) is 2.52. The first-order valence-electron chi connectivity index (χ1n) is 2.30. The van der Waals surface area contributed by atoms with Crippen molar-refractivity contribution in [3.8, 4) is 6.57 Å². The van der Waals surface area contributed by atoms with Crippen molar-refractivity contribution in [1.29, 1.82) is 5.26 Å². The van der Waals surface area contributed by atoms with Crippen molar-refractivity contribution in [2.75, 3.05) is 6.61 Å². The third-order valence-electron chi connectivity index (χ3n) is 0.955. The Morgan fingerprint density at radius 2 is 2.00 bits per heavy atom. The number of nitriles is 1. The van der Waals surface area contributed by atoms with Crippen molar-refractivity contribution >= 4 is 0 Å². The summed E-state index contributed by atoms with van der Waals surface area (Å²) in [4.78, 5) is 0. The van der Waals surface area contributed by atoms with E-state index in [4.69, 9.17) is 10.4 Å². The van der Waals surface area contributed by atoms with Gasteiger partial charge in [-0.05, 0) is 18.8 Å². The van der Waals surface area contributed by atoms with Gasteiger partial charge >= 0.3 is 0 Å². The van der Waals surface area contributed by atoms with Crippen LogP contribution in [0.1, 0.15) is 12.8 Å². The molecule has 0 heterocycles. The number of hydrogen-bond acceptors (Lipinski definition) is 2. The van der Waals surface area contributed by atoms with E-state index in [1.165, 1.54) is 12.8 Å². The molecule has 0 aromatic carbocycles. The second-order valence-electron chi connectivity index (χ2n) is 1.63. The normalized spacial score (nSPS) is 17.0. The molecule has 0 bridgehead atoms. The van der Waals surface area contributed by atoms with E-state index in [-0.39, 0.29) is 0 Å². The van der Waals surface area contributed by atoms with Crippen LogP contribution in [0.5, 0.6) is 0 Å². The Morgan fingerprint density at radius 3 is 2.00 bits per heavy atom. The molecule has 1 fully saturated rings. The van der Waals surface area contributed by atoms with E-state index in [9.17, 15) is 0 Å². The Balaban J connectivity index is 0.000000162. The molecule has 1 saturated carbocycles. The zero-order chi connectivity index (χ0) is 5.70. The number of aliphatic hydroxyl groups is 1. The van der Waals surface area contributed by atoms with E-state index in [2.05, 4.69) is 6.57 Å². The van der Waals surface area contributed by atoms with Crippen molar-refractivity contribution in [3.05, 3.63) is 0 Å². The monoisotopic (exact) mass is 99.1 g/mol. The van der Waals surface area contributed by atoms with Gasteiger partial charge in [0.15, 0.2) is 0 Å². The van der Waals surface area contributed by atoms with E-state index in [0.29, 0.717) is 12.5 Å². The van der Waals surface area contributed by atoms with Crippen LogP contribution in [0.4, 0.5) is 0 Å². The third kappa shape index (κ3) is 3.28. The predicted molar refractivity (Wildman–Crippen MR) is 26.5 cm³/mol. The zero-order valence-corrected chi connectivity index (χ0v) is 4.17. The molecule has 7 heavy (non-hydrogen) atoms. The molecular formula is C5H9NO. The Morgan fingerprint density at radius 1 is 1.57 bits per heavy atom. The highest BCUT2D eigenvalue weighted by atomic mass is 16.3. The SMILES string of the molecule is C#N.OCC1CC1. The molecular weight excluding hydrogens is 90.1 g/mol. The molecule has 2 heteroatoms. The highest BCUT2D eigenvalue weighted by molar-refractivity contribution is 4.70. The molecule has 0 aliphatic heterocycles. The molecule has 2 nitrogen and oxygen atoms in total. The molecule has 0 saturated heterocycles. The van der Waals surface area contributed by atoms with Gasteiger partial charge in [-0.3, -0.25) is 0 Å². The minimum atomic E-state index is 0.417. The third-order valence-corrected chi connectivity index (χ3v) is 0.955. The van der Waals surface area contributed by atoms with Crippen LogP contribution in [-0.4, -0.2) is 11.7 Å². The van der Waals surface area contributed by atoms with Crippen LogP contribution >= 0.6 is 0 Å². The van der Waals surface area contributed by atoms with Crippen LogP contribution in [0.25, 0.3) is 0 Å². The molecule has 0 radical (unpaired) electrons. The van der Waals surface area contributed by atoms with Crippen LogP contribution in [-0.2, 0) is 0 Å². The van der Waals surface area contributed by atoms with Gasteiger partial charge in [-0.25, -0.2) is 5.26 Å². The van der Waals surface area contributed by atoms with Gasteiger partial charge in [-0.1, -0.05) is 0 Å². The Kier molecular flexibility index (Phi) is 3.35. The van der Waals surface area contributed by atoms with Gasteiger partial charge in [0, 0.05) is 13.2 Å². The number of nitrogens with zero attached hydrogens (tertiary/aromatic N) is 1. The van der Waals surface area contributed by atoms with Crippen LogP contribution < -0.4 is 0 Å². The van der Waals surface area contributed by atoms with Crippen molar-refractivity contribution < 1.29 is 5.11 Å². The van der Waals surface area contributed by atoms with Gasteiger partial charge in [-0.2, -0.15) is 0 Å². The molecule has 40 valence electrons. The van der Waals surface area contributed by atoms with Gasteiger partial charge in [0.05, 0.1) is 0 Å². The second kappa shape index (κ2) is 3.63. The Hall–Kier alpha value is -0.550. The topological polar surface area (TPSA) is 44.0 Å². The summed E-state index contributed by atoms with van der Waals surface area (Å²) in [6.07, 6.45) is 2.52. The largest absolute Gasteiger partial charge is 0.396 e. The quantitative estimate of drug-likeness (QED) is 0.521. The zero-order valence-electron chi connectivity index (χ0n) is 4.17. The first-order valence-corrected chi connectivity index (χ1v) is 2.30. The molecule has 1 aliphatic carbocycles. The predicted octanol–water partition coefficient (Wildman–Crippen LogP) is 0.528. The molecule has 0 spiro atoms. The fourth-order valence-corrected chi connectivity index (χ4v) is 0.300. The summed E-state index contributed by atoms with van der Waals surface area (Å²) in [6.45, 7) is 3.92. The molecule has 0 aromatic rings. The van der Waals surface area contributed by atoms with E-state index >= 15 is 0 Å². The van der Waals surface area contributed by atoms with Gasteiger partial charge in [-0.15, -0.1) is 0 Å². The molecule has 0 aromatic heterocycles. The highest BCUT2D eigenvalue weighted by Gasteiger charge is 2.18. The fraction of sp³-hybridized carbons (Fsp3) is 0.800. The molecule has 1 N–H and O–H groups in total. The molecule has 1 aliphatic rings. The molecule has 0 atom stereocenters. The second-order valence-corrected chi connectivity index (χ2v) is 1.63. The summed E-state index contributed by atoms with van der Waals surface area (Å²) in [7, 11) is 0. The van der Waals surface area contributed by atoms with Crippen LogP contribution in [0, 0.1) is 17.8 Å². The maximum Gasteiger partial charge on any atom is 0.0462 e. The lowest BCUT2D eigenvalue weighted by atomic mass is 10.5. The van der Waals surface area contributed by atoms with Gasteiger partial charge in [0.1, 0.15) is 0 Å². The minimum Gasteiger partial charge on any atom is -0.396 e. The molecule has 0 amide bonds. The van der Waals surface area contributed by atoms with E-state index in [0.717, 1.165) is 0 Å². The summed E-state index contributed by atoms with van der Waals surface area (Å²) < 4.78 is 0.